The Morgan fingerprint density at radius 2 is 0.880 bits per heavy atom. The molecule has 0 saturated heterocycles. The van der Waals surface area contributed by atoms with E-state index in [9.17, 15) is 16.8 Å². The second-order valence-corrected chi connectivity index (χ2v) is 7.13. The van der Waals surface area contributed by atoms with Crippen LogP contribution in [-0.4, -0.2) is 31.4 Å². The molecule has 0 atom stereocenters. The standard InChI is InChI=1S/2C6H8N2O3S.H2O/c2*7-8-5-1-3-6(4-2-5)12(9,10)11;/h2*1-4,8H,7H2,(H,9,10,11);1H2. The topological polar surface area (TPSA) is 216 Å². The highest BCUT2D eigenvalue weighted by atomic mass is 32.2. The van der Waals surface area contributed by atoms with Gasteiger partial charge in [0.05, 0.1) is 9.79 Å². The van der Waals surface area contributed by atoms with E-state index in [4.69, 9.17) is 20.8 Å². The highest BCUT2D eigenvalue weighted by Gasteiger charge is 2.08. The Morgan fingerprint density at radius 1 is 0.640 bits per heavy atom. The van der Waals surface area contributed by atoms with E-state index in [1.165, 1.54) is 48.5 Å². The molecule has 11 nitrogen and oxygen atoms in total. The first-order chi connectivity index (χ1) is 11.1. The van der Waals surface area contributed by atoms with Gasteiger partial charge in [-0.1, -0.05) is 0 Å². The average molecular weight is 394 g/mol. The smallest absolute Gasteiger partial charge is 0.294 e. The van der Waals surface area contributed by atoms with Crippen molar-refractivity contribution in [3.63, 3.8) is 0 Å². The van der Waals surface area contributed by atoms with Gasteiger partial charge in [0, 0.05) is 11.4 Å². The molecule has 0 bridgehead atoms. The van der Waals surface area contributed by atoms with Crippen molar-refractivity contribution in [1.82, 2.24) is 0 Å². The Labute approximate surface area is 144 Å². The van der Waals surface area contributed by atoms with E-state index in [1.54, 1.807) is 0 Å². The Morgan fingerprint density at radius 3 is 1.04 bits per heavy atom. The zero-order chi connectivity index (χ0) is 18.4. The summed E-state index contributed by atoms with van der Waals surface area (Å²) in [4.78, 5) is -0.303. The van der Waals surface area contributed by atoms with Crippen molar-refractivity contribution in [3.05, 3.63) is 48.5 Å². The summed E-state index contributed by atoms with van der Waals surface area (Å²) in [6.45, 7) is 0. The van der Waals surface area contributed by atoms with Crippen LogP contribution in [0.5, 0.6) is 0 Å². The fraction of sp³-hybridized carbons (Fsp3) is 0. The molecule has 0 aliphatic carbocycles. The molecule has 0 heterocycles. The van der Waals surface area contributed by atoms with Crippen LogP contribution in [0.2, 0.25) is 0 Å². The molecule has 140 valence electrons. The zero-order valence-corrected chi connectivity index (χ0v) is 14.3. The highest BCUT2D eigenvalue weighted by Crippen LogP contribution is 2.12. The molecule has 0 aromatic heterocycles. The molecule has 0 fully saturated rings. The van der Waals surface area contributed by atoms with E-state index in [-0.39, 0.29) is 15.3 Å². The van der Waals surface area contributed by atoms with Crippen molar-refractivity contribution in [1.29, 1.82) is 0 Å². The number of hydrazine groups is 2. The predicted molar refractivity (Wildman–Crippen MR) is 91.7 cm³/mol. The monoisotopic (exact) mass is 394 g/mol. The summed E-state index contributed by atoms with van der Waals surface area (Å²) < 4.78 is 59.3. The summed E-state index contributed by atoms with van der Waals surface area (Å²) in [5.74, 6) is 10.1. The van der Waals surface area contributed by atoms with Gasteiger partial charge in [-0.3, -0.25) is 20.8 Å². The van der Waals surface area contributed by atoms with Gasteiger partial charge in [0.25, 0.3) is 20.2 Å². The molecule has 2 rings (SSSR count). The molecule has 0 radical (unpaired) electrons. The summed E-state index contributed by atoms with van der Waals surface area (Å²) in [6, 6.07) is 10.8. The van der Waals surface area contributed by atoms with Crippen molar-refractivity contribution in [2.24, 2.45) is 11.7 Å². The second kappa shape index (κ2) is 9.28. The van der Waals surface area contributed by atoms with Gasteiger partial charge in [0.15, 0.2) is 0 Å². The van der Waals surface area contributed by atoms with Gasteiger partial charge < -0.3 is 16.3 Å². The Kier molecular flexibility index (Phi) is 8.44. The normalized spacial score (nSPS) is 10.7. The van der Waals surface area contributed by atoms with Gasteiger partial charge in [-0.25, -0.2) is 0 Å². The van der Waals surface area contributed by atoms with E-state index in [0.717, 1.165) is 0 Å². The number of nitrogens with one attached hydrogen (secondary N) is 2. The lowest BCUT2D eigenvalue weighted by molar-refractivity contribution is 0.481. The first-order valence-corrected chi connectivity index (χ1v) is 9.04. The molecule has 0 saturated carbocycles. The summed E-state index contributed by atoms with van der Waals surface area (Å²) in [5, 5.41) is 0. The number of anilines is 2. The highest BCUT2D eigenvalue weighted by molar-refractivity contribution is 7.86. The van der Waals surface area contributed by atoms with Crippen LogP contribution in [0.1, 0.15) is 0 Å². The number of hydrogen-bond acceptors (Lipinski definition) is 8. The van der Waals surface area contributed by atoms with E-state index < -0.39 is 20.2 Å². The second-order valence-electron chi connectivity index (χ2n) is 4.29. The Bertz CT molecular complexity index is 791. The minimum Gasteiger partial charge on any atom is -0.412 e. The third-order valence-electron chi connectivity index (χ3n) is 2.64. The quantitative estimate of drug-likeness (QED) is 0.224. The minimum atomic E-state index is -4.10. The maximum Gasteiger partial charge on any atom is 0.294 e. The Balaban J connectivity index is 0.000000443. The summed E-state index contributed by atoms with van der Waals surface area (Å²) in [5.41, 5.74) is 5.80. The van der Waals surface area contributed by atoms with Crippen molar-refractivity contribution >= 4 is 31.6 Å². The van der Waals surface area contributed by atoms with Crippen LogP contribution in [0, 0.1) is 0 Å². The number of benzene rings is 2. The molecule has 2 aromatic carbocycles. The van der Waals surface area contributed by atoms with Crippen LogP contribution < -0.4 is 22.5 Å². The average Bonchev–Trinajstić information content (AvgIpc) is 2.54. The van der Waals surface area contributed by atoms with Gasteiger partial charge in [-0.05, 0) is 48.5 Å². The fourth-order valence-corrected chi connectivity index (χ4v) is 2.41. The summed E-state index contributed by atoms with van der Waals surface area (Å²) in [7, 11) is -8.19. The van der Waals surface area contributed by atoms with E-state index in [2.05, 4.69) is 10.9 Å². The van der Waals surface area contributed by atoms with Crippen LogP contribution in [0.3, 0.4) is 0 Å². The third-order valence-corrected chi connectivity index (χ3v) is 4.37. The number of nitrogen functional groups attached to an aromatic ring is 2. The van der Waals surface area contributed by atoms with Crippen molar-refractivity contribution in [2.45, 2.75) is 9.79 Å². The molecule has 0 aliphatic heterocycles. The first kappa shape index (κ1) is 22.7. The molecule has 13 heteroatoms. The first-order valence-electron chi connectivity index (χ1n) is 6.16. The largest absolute Gasteiger partial charge is 0.412 e. The van der Waals surface area contributed by atoms with E-state index >= 15 is 0 Å². The molecule has 0 amide bonds. The van der Waals surface area contributed by atoms with Gasteiger partial charge in [-0.2, -0.15) is 16.8 Å². The van der Waals surface area contributed by atoms with Crippen LogP contribution in [-0.2, 0) is 20.2 Å². The molecule has 25 heavy (non-hydrogen) atoms. The van der Waals surface area contributed by atoms with Gasteiger partial charge in [0.1, 0.15) is 0 Å². The lowest BCUT2D eigenvalue weighted by atomic mass is 10.3. The van der Waals surface area contributed by atoms with Gasteiger partial charge in [-0.15, -0.1) is 0 Å². The maximum atomic E-state index is 10.5. The molecule has 0 spiro atoms. The van der Waals surface area contributed by atoms with Crippen LogP contribution in [0.4, 0.5) is 11.4 Å². The minimum absolute atomic E-state index is 0. The molecule has 2 aromatic rings. The van der Waals surface area contributed by atoms with E-state index in [0.29, 0.717) is 11.4 Å². The third kappa shape index (κ3) is 7.44. The van der Waals surface area contributed by atoms with Crippen LogP contribution in [0.15, 0.2) is 58.3 Å². The lowest BCUT2D eigenvalue weighted by Crippen LogP contribution is -2.06. The maximum absolute atomic E-state index is 10.5. The lowest BCUT2D eigenvalue weighted by Gasteiger charge is -1.99. The molecule has 0 aliphatic rings. The zero-order valence-electron chi connectivity index (χ0n) is 12.6. The van der Waals surface area contributed by atoms with Crippen LogP contribution >= 0.6 is 0 Å². The molecular formula is C12H18N4O7S2. The number of rotatable bonds is 4. The SMILES string of the molecule is NNc1ccc(S(=O)(=O)O)cc1.NNc1ccc(S(=O)(=O)O)cc1.O. The molecule has 0 unspecified atom stereocenters. The number of hydrogen-bond donors (Lipinski definition) is 6. The van der Waals surface area contributed by atoms with Crippen molar-refractivity contribution in [3.8, 4) is 0 Å². The van der Waals surface area contributed by atoms with Crippen molar-refractivity contribution < 1.29 is 31.4 Å². The predicted octanol–water partition coefficient (Wildman–Crippen LogP) is -0.387. The number of nitrogens with two attached hydrogens (primary N) is 2. The van der Waals surface area contributed by atoms with E-state index in [1.807, 2.05) is 0 Å². The van der Waals surface area contributed by atoms with Gasteiger partial charge >= 0.3 is 0 Å². The summed E-state index contributed by atoms with van der Waals surface area (Å²) >= 11 is 0. The fourth-order valence-electron chi connectivity index (χ4n) is 1.45. The molecule has 10 N–H and O–H groups in total. The Hall–Kier alpha value is -2.26. The summed E-state index contributed by atoms with van der Waals surface area (Å²) in [6.07, 6.45) is 0. The van der Waals surface area contributed by atoms with Crippen molar-refractivity contribution in [2.75, 3.05) is 10.9 Å². The molecular weight excluding hydrogens is 376 g/mol. The van der Waals surface area contributed by atoms with Crippen LogP contribution in [0.25, 0.3) is 0 Å². The van der Waals surface area contributed by atoms with Gasteiger partial charge in [0.2, 0.25) is 0 Å².